The highest BCUT2D eigenvalue weighted by molar-refractivity contribution is 5.91. The largest absolute Gasteiger partial charge is 0.507 e. The van der Waals surface area contributed by atoms with Crippen molar-refractivity contribution in [3.8, 4) is 28.4 Å². The summed E-state index contributed by atoms with van der Waals surface area (Å²) in [4.78, 5) is 0. The first kappa shape index (κ1) is 21.8. The van der Waals surface area contributed by atoms with E-state index in [1.165, 1.54) is 49.5 Å². The van der Waals surface area contributed by atoms with Crippen molar-refractivity contribution < 1.29 is 19.3 Å². The van der Waals surface area contributed by atoms with Gasteiger partial charge in [-0.1, -0.05) is 18.2 Å². The van der Waals surface area contributed by atoms with Crippen LogP contribution in [0.15, 0.2) is 48.5 Å². The normalized spacial score (nSPS) is 27.3. The van der Waals surface area contributed by atoms with Crippen LogP contribution in [0.4, 0.5) is 0 Å². The van der Waals surface area contributed by atoms with Gasteiger partial charge in [-0.05, 0) is 115 Å². The molecule has 0 saturated heterocycles. The molecule has 3 aromatic carbocycles. The molecule has 7 rings (SSSR count). The Balaban J connectivity index is 1.44. The summed E-state index contributed by atoms with van der Waals surface area (Å²) in [6.07, 6.45) is 8.19. The Kier molecular flexibility index (Phi) is 5.44. The van der Waals surface area contributed by atoms with Crippen LogP contribution in [0.25, 0.3) is 21.9 Å². The first-order chi connectivity index (χ1) is 16.6. The van der Waals surface area contributed by atoms with Crippen LogP contribution < -0.4 is 9.47 Å². The molecule has 4 heteroatoms. The molecule has 0 unspecified atom stereocenters. The van der Waals surface area contributed by atoms with Crippen molar-refractivity contribution in [2.24, 2.45) is 17.8 Å². The van der Waals surface area contributed by atoms with Crippen molar-refractivity contribution >= 4 is 10.8 Å². The SMILES string of the molecule is CCOCOc1cccc(O)c1-c1ccc2cc(OC)c(C34CC5CC(CC(C5)C3)C4)cc2c1. The van der Waals surface area contributed by atoms with E-state index in [1.807, 2.05) is 20.1 Å². The Morgan fingerprint density at radius 2 is 1.62 bits per heavy atom. The van der Waals surface area contributed by atoms with Gasteiger partial charge in [0.15, 0.2) is 6.79 Å². The minimum absolute atomic E-state index is 0.161. The zero-order valence-electron chi connectivity index (χ0n) is 20.2. The lowest BCUT2D eigenvalue weighted by Gasteiger charge is -2.57. The summed E-state index contributed by atoms with van der Waals surface area (Å²) < 4.78 is 17.2. The zero-order chi connectivity index (χ0) is 23.3. The van der Waals surface area contributed by atoms with Gasteiger partial charge in [0.1, 0.15) is 17.2 Å². The van der Waals surface area contributed by atoms with Gasteiger partial charge in [0.25, 0.3) is 0 Å². The third-order valence-corrected chi connectivity index (χ3v) is 8.56. The molecule has 1 N–H and O–H groups in total. The Morgan fingerprint density at radius 1 is 0.882 bits per heavy atom. The van der Waals surface area contributed by atoms with Crippen molar-refractivity contribution in [1.29, 1.82) is 0 Å². The molecule has 0 radical (unpaired) electrons. The Hall–Kier alpha value is -2.72. The summed E-state index contributed by atoms with van der Waals surface area (Å²) >= 11 is 0. The molecular weight excluding hydrogens is 424 g/mol. The summed E-state index contributed by atoms with van der Waals surface area (Å²) in [5, 5.41) is 13.1. The quantitative estimate of drug-likeness (QED) is 0.304. The van der Waals surface area contributed by atoms with E-state index in [-0.39, 0.29) is 18.0 Å². The lowest BCUT2D eigenvalue weighted by molar-refractivity contribution is -0.00609. The molecule has 4 aliphatic rings. The number of aromatic hydroxyl groups is 1. The summed E-state index contributed by atoms with van der Waals surface area (Å²) in [6, 6.07) is 16.3. The number of hydrogen-bond acceptors (Lipinski definition) is 4. The number of ether oxygens (including phenoxy) is 3. The van der Waals surface area contributed by atoms with Crippen LogP contribution in [0.3, 0.4) is 0 Å². The lowest BCUT2D eigenvalue weighted by Crippen LogP contribution is -2.48. The zero-order valence-corrected chi connectivity index (χ0v) is 20.2. The van der Waals surface area contributed by atoms with Gasteiger partial charge >= 0.3 is 0 Å². The van der Waals surface area contributed by atoms with E-state index in [9.17, 15) is 5.11 Å². The fraction of sp³-hybridized carbons (Fsp3) is 0.467. The predicted molar refractivity (Wildman–Crippen MR) is 135 cm³/mol. The van der Waals surface area contributed by atoms with Crippen LogP contribution in [-0.2, 0) is 10.2 Å². The van der Waals surface area contributed by atoms with Gasteiger partial charge in [-0.3, -0.25) is 0 Å². The van der Waals surface area contributed by atoms with E-state index in [1.54, 1.807) is 12.1 Å². The highest BCUT2D eigenvalue weighted by atomic mass is 16.7. The van der Waals surface area contributed by atoms with Gasteiger partial charge in [0.2, 0.25) is 0 Å². The third kappa shape index (κ3) is 3.63. The van der Waals surface area contributed by atoms with Crippen LogP contribution in [0.1, 0.15) is 51.0 Å². The summed E-state index contributed by atoms with van der Waals surface area (Å²) in [6.45, 7) is 2.68. The van der Waals surface area contributed by atoms with Crippen LogP contribution in [0, 0.1) is 17.8 Å². The molecule has 0 amide bonds. The second-order valence-corrected chi connectivity index (χ2v) is 10.7. The maximum Gasteiger partial charge on any atom is 0.189 e. The molecule has 0 aliphatic heterocycles. The number of methoxy groups -OCH3 is 1. The monoisotopic (exact) mass is 458 g/mol. The molecule has 4 bridgehead atoms. The highest BCUT2D eigenvalue weighted by Gasteiger charge is 2.52. The van der Waals surface area contributed by atoms with E-state index < -0.39 is 0 Å². The first-order valence-corrected chi connectivity index (χ1v) is 12.7. The molecule has 34 heavy (non-hydrogen) atoms. The second-order valence-electron chi connectivity index (χ2n) is 10.7. The maximum absolute atomic E-state index is 10.7. The van der Waals surface area contributed by atoms with Crippen LogP contribution in [-0.4, -0.2) is 25.6 Å². The Morgan fingerprint density at radius 3 is 2.29 bits per heavy atom. The van der Waals surface area contributed by atoms with Crippen molar-refractivity contribution in [3.63, 3.8) is 0 Å². The molecule has 4 aliphatic carbocycles. The number of phenols is 1. The number of fused-ring (bicyclic) bond motifs is 1. The fourth-order valence-electron chi connectivity index (χ4n) is 7.57. The molecule has 4 saturated carbocycles. The molecule has 0 heterocycles. The Labute approximate surface area is 201 Å². The molecule has 4 nitrogen and oxygen atoms in total. The van der Waals surface area contributed by atoms with Crippen molar-refractivity contribution in [1.82, 2.24) is 0 Å². The molecule has 3 aromatic rings. The highest BCUT2D eigenvalue weighted by Crippen LogP contribution is 2.62. The number of rotatable bonds is 7. The average molecular weight is 459 g/mol. The summed E-state index contributed by atoms with van der Waals surface area (Å²) in [5.41, 5.74) is 3.30. The number of hydrogen-bond donors (Lipinski definition) is 1. The van der Waals surface area contributed by atoms with Gasteiger partial charge in [0.05, 0.1) is 12.7 Å². The van der Waals surface area contributed by atoms with Crippen LogP contribution in [0.2, 0.25) is 0 Å². The van der Waals surface area contributed by atoms with Crippen molar-refractivity contribution in [2.45, 2.75) is 50.9 Å². The van der Waals surface area contributed by atoms with E-state index >= 15 is 0 Å². The van der Waals surface area contributed by atoms with Gasteiger partial charge in [-0.15, -0.1) is 0 Å². The molecule has 0 aromatic heterocycles. The summed E-state index contributed by atoms with van der Waals surface area (Å²) in [5.74, 6) is 4.51. The van der Waals surface area contributed by atoms with Gasteiger partial charge < -0.3 is 19.3 Å². The third-order valence-electron chi connectivity index (χ3n) is 8.56. The summed E-state index contributed by atoms with van der Waals surface area (Å²) in [7, 11) is 1.81. The number of phenolic OH excluding ortho intramolecular Hbond substituents is 1. The predicted octanol–water partition coefficient (Wildman–Crippen LogP) is 7.06. The molecule has 178 valence electrons. The smallest absolute Gasteiger partial charge is 0.189 e. The topological polar surface area (TPSA) is 47.9 Å². The molecule has 4 fully saturated rings. The lowest BCUT2D eigenvalue weighted by atomic mass is 9.48. The minimum Gasteiger partial charge on any atom is -0.507 e. The van der Waals surface area contributed by atoms with Crippen LogP contribution >= 0.6 is 0 Å². The number of benzene rings is 3. The van der Waals surface area contributed by atoms with Gasteiger partial charge in [-0.25, -0.2) is 0 Å². The second kappa shape index (κ2) is 8.49. The molecule has 0 spiro atoms. The van der Waals surface area contributed by atoms with E-state index in [0.29, 0.717) is 17.9 Å². The Bertz CT molecular complexity index is 1180. The van der Waals surface area contributed by atoms with E-state index in [4.69, 9.17) is 14.2 Å². The molecule has 0 atom stereocenters. The van der Waals surface area contributed by atoms with Crippen molar-refractivity contribution in [2.75, 3.05) is 20.5 Å². The minimum atomic E-state index is 0.161. The van der Waals surface area contributed by atoms with Crippen molar-refractivity contribution in [3.05, 3.63) is 54.1 Å². The van der Waals surface area contributed by atoms with E-state index in [2.05, 4.69) is 30.3 Å². The fourth-order valence-corrected chi connectivity index (χ4v) is 7.57. The van der Waals surface area contributed by atoms with Crippen LogP contribution in [0.5, 0.6) is 17.2 Å². The average Bonchev–Trinajstić information content (AvgIpc) is 2.82. The van der Waals surface area contributed by atoms with Gasteiger partial charge in [-0.2, -0.15) is 0 Å². The van der Waals surface area contributed by atoms with Gasteiger partial charge in [0, 0.05) is 12.2 Å². The first-order valence-electron chi connectivity index (χ1n) is 12.7. The maximum atomic E-state index is 10.7. The van der Waals surface area contributed by atoms with E-state index in [0.717, 1.165) is 34.5 Å². The standard InChI is InChI=1S/C30H34O4/c1-3-33-18-34-27-6-4-5-26(31)29(27)23-8-7-22-14-28(32-2)25(13-24(22)12-23)30-15-19-9-20(16-30)11-21(10-19)17-30/h4-8,12-14,19-21,31H,3,9-11,15-18H2,1-2H3. The molecular formula is C30H34O4.